The van der Waals surface area contributed by atoms with Gasteiger partial charge in [0.05, 0.1) is 12.3 Å². The Morgan fingerprint density at radius 1 is 1.07 bits per heavy atom. The van der Waals surface area contributed by atoms with Gasteiger partial charge in [0.2, 0.25) is 5.89 Å². The quantitative estimate of drug-likeness (QED) is 0.642. The molecule has 6 nitrogen and oxygen atoms in total. The summed E-state index contributed by atoms with van der Waals surface area (Å²) in [6, 6.07) is 16.6. The number of hydrogen-bond donors (Lipinski definition) is 1. The second-order valence-electron chi connectivity index (χ2n) is 6.50. The summed E-state index contributed by atoms with van der Waals surface area (Å²) in [5.74, 6) is 0.708. The van der Waals surface area contributed by atoms with Crippen molar-refractivity contribution in [2.24, 2.45) is 0 Å². The second kappa shape index (κ2) is 7.95. The van der Waals surface area contributed by atoms with Crippen molar-refractivity contribution in [2.75, 3.05) is 6.61 Å². The van der Waals surface area contributed by atoms with E-state index in [1.165, 1.54) is 13.8 Å². The summed E-state index contributed by atoms with van der Waals surface area (Å²) in [6.45, 7) is 3.45. The smallest absolute Gasteiger partial charge is 0.347 e. The largest absolute Gasteiger partial charge is 0.493 e. The third-order valence-corrected chi connectivity index (χ3v) is 3.91. The van der Waals surface area contributed by atoms with Gasteiger partial charge in [0.25, 0.3) is 0 Å². The van der Waals surface area contributed by atoms with E-state index in [1.54, 1.807) is 30.5 Å². The monoisotopic (exact) mass is 367 g/mol. The SMILES string of the molecule is CC(C)(Oc1ccc(OCCc2coc(-c3ccccc3)n2)cc1)C(=O)O. The van der Waals surface area contributed by atoms with Crippen LogP contribution in [0.25, 0.3) is 11.5 Å². The summed E-state index contributed by atoms with van der Waals surface area (Å²) in [4.78, 5) is 15.6. The van der Waals surface area contributed by atoms with Crippen LogP contribution in [-0.4, -0.2) is 28.3 Å². The third kappa shape index (κ3) is 4.88. The first-order chi connectivity index (χ1) is 12.9. The fraction of sp³-hybridized carbons (Fsp3) is 0.238. The molecule has 140 valence electrons. The zero-order valence-corrected chi connectivity index (χ0v) is 15.2. The Morgan fingerprint density at radius 3 is 2.41 bits per heavy atom. The van der Waals surface area contributed by atoms with E-state index in [2.05, 4.69) is 4.98 Å². The second-order valence-corrected chi connectivity index (χ2v) is 6.50. The number of aliphatic carboxylic acids is 1. The maximum Gasteiger partial charge on any atom is 0.347 e. The summed E-state index contributed by atoms with van der Waals surface area (Å²) in [5.41, 5.74) is 0.466. The van der Waals surface area contributed by atoms with Crippen molar-refractivity contribution in [1.29, 1.82) is 0 Å². The fourth-order valence-corrected chi connectivity index (χ4v) is 2.35. The lowest BCUT2D eigenvalue weighted by Crippen LogP contribution is -2.37. The van der Waals surface area contributed by atoms with E-state index < -0.39 is 11.6 Å². The van der Waals surface area contributed by atoms with Crippen LogP contribution in [0.15, 0.2) is 65.3 Å². The molecule has 0 bridgehead atoms. The van der Waals surface area contributed by atoms with Crippen LogP contribution in [0.5, 0.6) is 11.5 Å². The van der Waals surface area contributed by atoms with Crippen LogP contribution in [0, 0.1) is 0 Å². The molecule has 0 radical (unpaired) electrons. The highest BCUT2D eigenvalue weighted by Crippen LogP contribution is 2.22. The van der Waals surface area contributed by atoms with Crippen molar-refractivity contribution >= 4 is 5.97 Å². The molecule has 1 N–H and O–H groups in total. The van der Waals surface area contributed by atoms with E-state index >= 15 is 0 Å². The van der Waals surface area contributed by atoms with Gasteiger partial charge in [-0.1, -0.05) is 18.2 Å². The van der Waals surface area contributed by atoms with Gasteiger partial charge in [0.1, 0.15) is 17.8 Å². The number of carboxylic acids is 1. The predicted molar refractivity (Wildman–Crippen MR) is 99.9 cm³/mol. The maximum atomic E-state index is 11.1. The molecule has 3 rings (SSSR count). The Kier molecular flexibility index (Phi) is 5.45. The minimum Gasteiger partial charge on any atom is -0.493 e. The van der Waals surface area contributed by atoms with Crippen molar-refractivity contribution in [1.82, 2.24) is 4.98 Å². The van der Waals surface area contributed by atoms with Crippen molar-refractivity contribution < 1.29 is 23.8 Å². The van der Waals surface area contributed by atoms with E-state index in [4.69, 9.17) is 19.0 Å². The number of aromatic nitrogens is 1. The molecule has 27 heavy (non-hydrogen) atoms. The number of carboxylic acid groups (broad SMARTS) is 1. The lowest BCUT2D eigenvalue weighted by Gasteiger charge is -2.21. The van der Waals surface area contributed by atoms with Crippen molar-refractivity contribution in [3.8, 4) is 23.0 Å². The van der Waals surface area contributed by atoms with E-state index in [9.17, 15) is 4.79 Å². The number of hydrogen-bond acceptors (Lipinski definition) is 5. The van der Waals surface area contributed by atoms with Crippen molar-refractivity contribution in [2.45, 2.75) is 25.9 Å². The molecule has 2 aromatic carbocycles. The molecule has 3 aromatic rings. The van der Waals surface area contributed by atoms with E-state index in [-0.39, 0.29) is 0 Å². The van der Waals surface area contributed by atoms with Crippen LogP contribution >= 0.6 is 0 Å². The maximum absolute atomic E-state index is 11.1. The molecule has 0 amide bonds. The average Bonchev–Trinajstić information content (AvgIpc) is 3.12. The Labute approximate surface area is 157 Å². The van der Waals surface area contributed by atoms with E-state index in [0.717, 1.165) is 11.3 Å². The minimum atomic E-state index is -1.29. The molecule has 0 aliphatic rings. The van der Waals surface area contributed by atoms with Crippen LogP contribution < -0.4 is 9.47 Å². The predicted octanol–water partition coefficient (Wildman–Crippen LogP) is 4.21. The number of nitrogens with zero attached hydrogens (tertiary/aromatic N) is 1. The summed E-state index contributed by atoms with van der Waals surface area (Å²) < 4.78 is 16.7. The molecule has 1 heterocycles. The molecule has 0 saturated heterocycles. The van der Waals surface area contributed by atoms with Crippen molar-refractivity contribution in [3.63, 3.8) is 0 Å². The van der Waals surface area contributed by atoms with Gasteiger partial charge >= 0.3 is 5.97 Å². The van der Waals surface area contributed by atoms with Gasteiger partial charge < -0.3 is 19.0 Å². The first-order valence-corrected chi connectivity index (χ1v) is 8.59. The molecule has 0 aliphatic heterocycles. The number of rotatable bonds is 8. The summed E-state index contributed by atoms with van der Waals surface area (Å²) in [6.07, 6.45) is 2.25. The Morgan fingerprint density at radius 2 is 1.74 bits per heavy atom. The van der Waals surface area contributed by atoms with Crippen molar-refractivity contribution in [3.05, 3.63) is 66.6 Å². The molecule has 0 aliphatic carbocycles. The number of benzene rings is 2. The van der Waals surface area contributed by atoms with Crippen LogP contribution in [0.4, 0.5) is 0 Å². The van der Waals surface area contributed by atoms with Gasteiger partial charge in [-0.15, -0.1) is 0 Å². The first kappa shape index (κ1) is 18.5. The van der Waals surface area contributed by atoms with Gasteiger partial charge in [-0.2, -0.15) is 0 Å². The molecular formula is C21H21NO5. The van der Waals surface area contributed by atoms with Crippen LogP contribution in [0.3, 0.4) is 0 Å². The highest BCUT2D eigenvalue weighted by Gasteiger charge is 2.29. The minimum absolute atomic E-state index is 0.446. The third-order valence-electron chi connectivity index (χ3n) is 3.91. The summed E-state index contributed by atoms with van der Waals surface area (Å²) in [5, 5.41) is 9.09. The van der Waals surface area contributed by atoms with Crippen LogP contribution in [0.1, 0.15) is 19.5 Å². The number of ether oxygens (including phenoxy) is 2. The van der Waals surface area contributed by atoms with Gasteiger partial charge in [0, 0.05) is 12.0 Å². The Hall–Kier alpha value is -3.28. The normalized spacial score (nSPS) is 11.2. The fourth-order valence-electron chi connectivity index (χ4n) is 2.35. The molecular weight excluding hydrogens is 346 g/mol. The molecule has 1 aromatic heterocycles. The van der Waals surface area contributed by atoms with Gasteiger partial charge in [0.15, 0.2) is 5.60 Å². The molecule has 0 fully saturated rings. The standard InChI is InChI=1S/C21H21NO5/c1-21(2,20(23)24)27-18-10-8-17(9-11-18)25-13-12-16-14-26-19(22-16)15-6-4-3-5-7-15/h3-11,14H,12-13H2,1-2H3,(H,23,24). The zero-order chi connectivity index (χ0) is 19.3. The van der Waals surface area contributed by atoms with Crippen LogP contribution in [0.2, 0.25) is 0 Å². The Balaban J connectivity index is 1.51. The molecule has 0 atom stereocenters. The highest BCUT2D eigenvalue weighted by molar-refractivity contribution is 5.76. The highest BCUT2D eigenvalue weighted by atomic mass is 16.5. The lowest BCUT2D eigenvalue weighted by molar-refractivity contribution is -0.152. The number of carbonyl (C=O) groups is 1. The van der Waals surface area contributed by atoms with Gasteiger partial charge in [-0.3, -0.25) is 0 Å². The molecule has 0 saturated carbocycles. The number of oxazole rings is 1. The molecule has 0 spiro atoms. The van der Waals surface area contributed by atoms with E-state index in [1.807, 2.05) is 30.3 Å². The Bertz CT molecular complexity index is 884. The average molecular weight is 367 g/mol. The van der Waals surface area contributed by atoms with E-state index in [0.29, 0.717) is 30.4 Å². The zero-order valence-electron chi connectivity index (χ0n) is 15.2. The molecule has 0 unspecified atom stereocenters. The van der Waals surface area contributed by atoms with Gasteiger partial charge in [-0.05, 0) is 50.2 Å². The van der Waals surface area contributed by atoms with Gasteiger partial charge in [-0.25, -0.2) is 9.78 Å². The first-order valence-electron chi connectivity index (χ1n) is 8.59. The summed E-state index contributed by atoms with van der Waals surface area (Å²) in [7, 11) is 0. The molecule has 6 heteroatoms. The topological polar surface area (TPSA) is 81.8 Å². The lowest BCUT2D eigenvalue weighted by atomic mass is 10.1. The van der Waals surface area contributed by atoms with Crippen LogP contribution in [-0.2, 0) is 11.2 Å². The summed E-state index contributed by atoms with van der Waals surface area (Å²) >= 11 is 0.